The van der Waals surface area contributed by atoms with Gasteiger partial charge < -0.3 is 110 Å². The number of hydrogen-bond acceptors (Lipinski definition) is 27. The van der Waals surface area contributed by atoms with E-state index in [2.05, 4.69) is 84.2 Å². The van der Waals surface area contributed by atoms with E-state index in [0.29, 0.717) is 44.5 Å². The summed E-state index contributed by atoms with van der Waals surface area (Å²) >= 11 is 0. The molecule has 1 amide bonds. The van der Waals surface area contributed by atoms with Crippen LogP contribution in [-0.4, -0.2) is 139 Å². The number of fused-ring (bicyclic) bond motifs is 8. The first-order valence-electron chi connectivity index (χ1n) is 48.8. The normalized spacial score (nSPS) is 10.6. The molecule has 143 heavy (non-hydrogen) atoms. The van der Waals surface area contributed by atoms with E-state index in [4.69, 9.17) is 120 Å². The number of amides is 1. The molecular weight excluding hydrogens is 1850 g/mol. The number of carboxylic acid groups (broad SMARTS) is 3. The molecule has 8 aromatic carbocycles. The summed E-state index contributed by atoms with van der Waals surface area (Å²) < 4.78 is 36.6. The van der Waals surface area contributed by atoms with Gasteiger partial charge in [0.2, 0.25) is 50.0 Å². The van der Waals surface area contributed by atoms with Crippen LogP contribution >= 0.6 is 0 Å². The molecule has 39 heteroatoms. The molecule has 0 radical (unpaired) electrons. The van der Waals surface area contributed by atoms with E-state index in [0.717, 1.165) is 242 Å². The highest BCUT2D eigenvalue weighted by Crippen LogP contribution is 2.30. The summed E-state index contributed by atoms with van der Waals surface area (Å²) in [6.07, 6.45) is 37.3. The van der Waals surface area contributed by atoms with E-state index in [1.165, 1.54) is 101 Å². The van der Waals surface area contributed by atoms with Crippen LogP contribution in [0.5, 0.6) is 23.0 Å². The highest BCUT2D eigenvalue weighted by Gasteiger charge is 2.25. The van der Waals surface area contributed by atoms with Crippen molar-refractivity contribution in [1.82, 2.24) is 25.3 Å². The minimum Gasteiger partial charge on any atom is -0.494 e. The monoisotopic (exact) mass is 1980 g/mol. The molecule has 12 rings (SSSR count). The Labute approximate surface area is 830 Å². The minimum atomic E-state index is -1.75. The van der Waals surface area contributed by atoms with Gasteiger partial charge in [-0.1, -0.05) is 188 Å². The van der Waals surface area contributed by atoms with Gasteiger partial charge in [0, 0.05) is 119 Å². The Morgan fingerprint density at radius 3 is 0.783 bits per heavy atom. The van der Waals surface area contributed by atoms with Crippen LogP contribution in [0.4, 0.5) is 0 Å². The third-order valence-electron chi connectivity index (χ3n) is 23.3. The quantitative estimate of drug-likeness (QED) is 0.00904. The molecule has 4 N–H and O–H groups in total. The molecule has 39 nitrogen and oxygen atoms in total. The van der Waals surface area contributed by atoms with Crippen molar-refractivity contribution < 1.29 is 106 Å². The number of rotatable bonds is 56. The smallest absolute Gasteiger partial charge is 0.305 e. The number of aryl methyl sites for hydroxylation is 4. The summed E-state index contributed by atoms with van der Waals surface area (Å²) in [5.74, 6) is 1.53. The Morgan fingerprint density at radius 2 is 0.503 bits per heavy atom. The molecule has 4 heterocycles. The van der Waals surface area contributed by atoms with Crippen LogP contribution in [0.3, 0.4) is 0 Å². The van der Waals surface area contributed by atoms with Gasteiger partial charge in [0.15, 0.2) is 45.1 Å². The van der Waals surface area contributed by atoms with Gasteiger partial charge in [0.05, 0.1) is 68.4 Å². The Morgan fingerprint density at radius 1 is 0.280 bits per heavy atom. The van der Waals surface area contributed by atoms with E-state index in [9.17, 15) is 28.8 Å². The van der Waals surface area contributed by atoms with Gasteiger partial charge >= 0.3 is 17.9 Å². The molecule has 0 saturated heterocycles. The van der Waals surface area contributed by atoms with E-state index in [1.807, 2.05) is 109 Å². The lowest BCUT2D eigenvalue weighted by atomic mass is 10.1. The summed E-state index contributed by atoms with van der Waals surface area (Å²) in [7, 11) is 6.72. The molecule has 0 aliphatic rings. The SMILES string of the molecule is COc1cccc2c1nc1ccccc1[n+]2CCCCC(=O)O.COc1cccc2c1nc1ccccc1[n+]2CCCCCCCC(=O)CCOCCC(=O)O.COc1cccc2c1nc1ccccc1[n+]2CCCCCCCCCCC(=O)NCCCCCCCCCCC(=O)O.COc1cccc2c1nc1ccccc1[n+]2CCCCCCCCCCC(C)=O.O=[N+]([O-])[O-].O=[N+]([O-])[O-].O=[N+]([O-])[O-].O=[N+]([O-])[O-]. The van der Waals surface area contributed by atoms with Gasteiger partial charge in [-0.25, -0.2) is 19.9 Å². The lowest BCUT2D eigenvalue weighted by Gasteiger charge is -2.08. The number of unbranched alkanes of at least 4 members (excludes halogenated alkanes) is 26. The summed E-state index contributed by atoms with van der Waals surface area (Å²) in [5, 5.41) is 88.0. The third-order valence-corrected chi connectivity index (χ3v) is 23.3. The van der Waals surface area contributed by atoms with Crippen LogP contribution < -0.4 is 42.5 Å². The number of ether oxygens (including phenoxy) is 5. The van der Waals surface area contributed by atoms with Crippen molar-refractivity contribution in [2.24, 2.45) is 0 Å². The lowest BCUT2D eigenvalue weighted by Crippen LogP contribution is -2.36. The summed E-state index contributed by atoms with van der Waals surface area (Å²) in [4.78, 5) is 119. The predicted molar refractivity (Wildman–Crippen MR) is 543 cm³/mol. The molecule has 0 saturated carbocycles. The Kier molecular flexibility index (Phi) is 58.2. The third kappa shape index (κ3) is 47.0. The first-order valence-corrected chi connectivity index (χ1v) is 48.8. The van der Waals surface area contributed by atoms with Gasteiger partial charge in [0.25, 0.3) is 0 Å². The van der Waals surface area contributed by atoms with Crippen LogP contribution in [0, 0.1) is 61.3 Å². The number of Topliss-reactive ketones (excluding diaryl/α,β-unsaturated/α-hetero) is 2. The van der Waals surface area contributed by atoms with Crippen LogP contribution in [0.25, 0.3) is 88.3 Å². The van der Waals surface area contributed by atoms with Crippen LogP contribution in [-0.2, 0) is 59.7 Å². The molecule has 0 fully saturated rings. The van der Waals surface area contributed by atoms with Gasteiger partial charge in [-0.3, -0.25) is 24.0 Å². The fraction of sp³-hybridized carbons (Fsp3) is 0.481. The number of ketones is 2. The molecule has 0 unspecified atom stereocenters. The fourth-order valence-electron chi connectivity index (χ4n) is 16.5. The first kappa shape index (κ1) is 119. The van der Waals surface area contributed by atoms with Crippen molar-refractivity contribution in [3.63, 3.8) is 0 Å². The predicted octanol–water partition coefficient (Wildman–Crippen LogP) is 20.1. The van der Waals surface area contributed by atoms with Crippen molar-refractivity contribution in [2.45, 2.75) is 277 Å². The van der Waals surface area contributed by atoms with Gasteiger partial charge in [-0.2, -0.15) is 18.3 Å². The van der Waals surface area contributed by atoms with E-state index < -0.39 is 38.3 Å². The number of carbonyl (C=O) groups excluding carboxylic acids is 3. The largest absolute Gasteiger partial charge is 0.494 e. The number of hydrogen-bond donors (Lipinski definition) is 4. The van der Waals surface area contributed by atoms with Gasteiger partial charge in [-0.15, -0.1) is 0 Å². The van der Waals surface area contributed by atoms with Crippen LogP contribution in [0.1, 0.15) is 251 Å². The van der Waals surface area contributed by atoms with Gasteiger partial charge in [0.1, 0.15) is 59.8 Å². The molecule has 12 aromatic rings. The fourth-order valence-corrected chi connectivity index (χ4v) is 16.5. The number of carboxylic acids is 3. The second-order valence-electron chi connectivity index (χ2n) is 33.8. The van der Waals surface area contributed by atoms with Crippen LogP contribution in [0.2, 0.25) is 0 Å². The van der Waals surface area contributed by atoms with E-state index in [-0.39, 0.29) is 31.1 Å². The Hall–Kier alpha value is -14.7. The van der Waals surface area contributed by atoms with E-state index >= 15 is 0 Å². The summed E-state index contributed by atoms with van der Waals surface area (Å²) in [6.45, 7) is 6.55. The number of nitrogens with one attached hydrogen (secondary N) is 1. The topological polar surface area (TPSA) is 553 Å². The zero-order valence-corrected chi connectivity index (χ0v) is 82.6. The van der Waals surface area contributed by atoms with Crippen molar-refractivity contribution in [2.75, 3.05) is 48.2 Å². The molecule has 0 spiro atoms. The number of para-hydroxylation sites is 12. The standard InChI is InChI=1S/C35H51N3O4.C26H32N2O5.C25H33N2O2.C18H18N2O3.4NO3/c1-42-32-24-20-23-31-35(32)37-29-21-16-17-22-30(29)38(31)28-19-13-9-5-3-6-10-14-25-33(39)36-27-18-12-8-4-2-7-11-15-26-34(40)41;1-32-24-14-9-13-23-26(24)27-21-11-6-7-12-22(21)28(23)17-8-4-2-3-5-10-20(29)15-18-33-19-16-25(30)31;1-20(28)14-9-7-5-3-4-6-8-12-19-27-22-16-11-10-15-21(22)26-25-23(27)17-13-18-24(25)29-2;1-23-16-10-6-9-15-18(16)19-13-7-2-3-8-14(13)20(15)12-5-4-11-17(21)22;4*2-1(3)4/h16-17,20-24H,2-15,18-19,25-28H2,1H3,(H-,36,39,40,41);6-7,9,11-14H,2-5,8,10,15-19H2,1H3;10-11,13,15-18H,3-9,12,14,19H2,1-2H3;2-3,6-10H,4-5,11-12H2,1H3;;;;/q;;+1;;4*-1/p+3. The number of carbonyl (C=O) groups is 6. The number of aromatic nitrogens is 8. The van der Waals surface area contributed by atoms with Crippen molar-refractivity contribution in [3.8, 4) is 23.0 Å². The van der Waals surface area contributed by atoms with Crippen LogP contribution in [0.15, 0.2) is 170 Å². The first-order chi connectivity index (χ1) is 69.0. The maximum absolute atomic E-state index is 12.1. The van der Waals surface area contributed by atoms with E-state index in [1.54, 1.807) is 35.4 Å². The average Bonchev–Trinajstić information content (AvgIpc) is 0.782. The molecule has 0 bridgehead atoms. The average molecular weight is 1990 g/mol. The Balaban J connectivity index is 0.000000324. The molecule has 774 valence electrons. The Bertz CT molecular complexity index is 5900. The molecule has 4 aromatic heterocycles. The number of nitrogens with zero attached hydrogens (tertiary/aromatic N) is 12. The lowest BCUT2D eigenvalue weighted by molar-refractivity contribution is -0.646. The highest BCUT2D eigenvalue weighted by atomic mass is 16.9. The molecule has 0 atom stereocenters. The molecule has 0 aliphatic carbocycles. The second kappa shape index (κ2) is 70.1. The summed E-state index contributed by atoms with van der Waals surface area (Å²) in [5.41, 5.74) is 16.3. The highest BCUT2D eigenvalue weighted by molar-refractivity contribution is 5.89. The number of benzene rings is 8. The number of methoxy groups -OCH3 is 4. The second-order valence-corrected chi connectivity index (χ2v) is 33.8. The molecular formula is C104H137N13O26. The number of aliphatic carboxylic acids is 3. The minimum absolute atomic E-state index is 0.0227. The van der Waals surface area contributed by atoms with Crippen molar-refractivity contribution in [3.05, 3.63) is 231 Å². The van der Waals surface area contributed by atoms with Gasteiger partial charge in [-0.05, 0) is 113 Å². The zero-order valence-electron chi connectivity index (χ0n) is 82.6. The molecule has 0 aliphatic heterocycles. The zero-order chi connectivity index (χ0) is 104. The van der Waals surface area contributed by atoms with Crippen molar-refractivity contribution in [1.29, 1.82) is 0 Å². The maximum Gasteiger partial charge on any atom is 0.305 e. The summed E-state index contributed by atoms with van der Waals surface area (Å²) in [6, 6.07) is 57.1. The maximum atomic E-state index is 12.1. The van der Waals surface area contributed by atoms with Crippen molar-refractivity contribution >= 4 is 124 Å².